The molecule has 2 rings (SSSR count). The van der Waals surface area contributed by atoms with Crippen LogP contribution in [0.15, 0.2) is 24.3 Å². The van der Waals surface area contributed by atoms with E-state index in [0.717, 1.165) is 25.2 Å². The standard InChI is InChI=1S/C15H22O/c16-15-9-5-8-14(12-15)11-10-13-6-3-1-2-4-7-13/h1-3,6,13-14H,4-5,7-12H2. The molecule has 0 amide bonds. The lowest BCUT2D eigenvalue weighted by Gasteiger charge is -2.22. The molecule has 0 aromatic heterocycles. The van der Waals surface area contributed by atoms with Crippen molar-refractivity contribution < 1.29 is 4.79 Å². The number of allylic oxidation sites excluding steroid dienone is 4. The van der Waals surface area contributed by atoms with Crippen LogP contribution < -0.4 is 0 Å². The van der Waals surface area contributed by atoms with E-state index in [-0.39, 0.29) is 0 Å². The van der Waals surface area contributed by atoms with Gasteiger partial charge in [-0.1, -0.05) is 24.3 Å². The number of Topliss-reactive ketones (excluding diaryl/α,β-unsaturated/α-hetero) is 1. The maximum Gasteiger partial charge on any atom is 0.133 e. The maximum absolute atomic E-state index is 11.4. The zero-order valence-corrected chi connectivity index (χ0v) is 10.0. The van der Waals surface area contributed by atoms with Crippen LogP contribution in [0.5, 0.6) is 0 Å². The molecule has 88 valence electrons. The highest BCUT2D eigenvalue weighted by Gasteiger charge is 2.20. The van der Waals surface area contributed by atoms with Gasteiger partial charge in [-0.3, -0.25) is 4.79 Å². The lowest BCUT2D eigenvalue weighted by atomic mass is 9.83. The molecule has 0 aromatic carbocycles. The summed E-state index contributed by atoms with van der Waals surface area (Å²) in [6, 6.07) is 0. The van der Waals surface area contributed by atoms with Gasteiger partial charge in [0.05, 0.1) is 0 Å². The minimum atomic E-state index is 0.495. The summed E-state index contributed by atoms with van der Waals surface area (Å²) in [5, 5.41) is 0. The number of rotatable bonds is 3. The predicted octanol–water partition coefficient (Wildman–Crippen LogP) is 4.05. The molecule has 1 fully saturated rings. The van der Waals surface area contributed by atoms with Gasteiger partial charge in [0.25, 0.3) is 0 Å². The van der Waals surface area contributed by atoms with Crippen molar-refractivity contribution in [3.63, 3.8) is 0 Å². The summed E-state index contributed by atoms with van der Waals surface area (Å²) in [4.78, 5) is 11.4. The summed E-state index contributed by atoms with van der Waals surface area (Å²) >= 11 is 0. The third-order valence-corrected chi connectivity index (χ3v) is 3.86. The van der Waals surface area contributed by atoms with Gasteiger partial charge in [-0.15, -0.1) is 0 Å². The van der Waals surface area contributed by atoms with Gasteiger partial charge in [0.2, 0.25) is 0 Å². The van der Waals surface area contributed by atoms with Crippen molar-refractivity contribution in [3.8, 4) is 0 Å². The Morgan fingerprint density at radius 2 is 2.12 bits per heavy atom. The number of carbonyl (C=O) groups excluding carboxylic acids is 1. The summed E-state index contributed by atoms with van der Waals surface area (Å²) in [6.07, 6.45) is 18.1. The molecule has 1 saturated carbocycles. The molecule has 0 aliphatic heterocycles. The summed E-state index contributed by atoms with van der Waals surface area (Å²) < 4.78 is 0. The van der Waals surface area contributed by atoms with Gasteiger partial charge < -0.3 is 0 Å². The SMILES string of the molecule is O=C1CCCC(CCC2C=CC=CCC2)C1. The summed E-state index contributed by atoms with van der Waals surface area (Å²) in [6.45, 7) is 0. The van der Waals surface area contributed by atoms with Crippen LogP contribution in [-0.2, 0) is 4.79 Å². The highest BCUT2D eigenvalue weighted by Crippen LogP contribution is 2.28. The maximum atomic E-state index is 11.4. The van der Waals surface area contributed by atoms with Crippen molar-refractivity contribution in [2.75, 3.05) is 0 Å². The first-order chi connectivity index (χ1) is 7.84. The van der Waals surface area contributed by atoms with E-state index in [0.29, 0.717) is 11.7 Å². The second-order valence-electron chi connectivity index (χ2n) is 5.23. The van der Waals surface area contributed by atoms with Crippen molar-refractivity contribution in [2.24, 2.45) is 11.8 Å². The molecular formula is C15H22O. The van der Waals surface area contributed by atoms with Crippen LogP contribution in [0.1, 0.15) is 51.4 Å². The Labute approximate surface area is 98.6 Å². The monoisotopic (exact) mass is 218 g/mol. The van der Waals surface area contributed by atoms with Gasteiger partial charge in [0.15, 0.2) is 0 Å². The molecule has 0 aromatic rings. The third kappa shape index (κ3) is 3.62. The topological polar surface area (TPSA) is 17.1 Å². The Kier molecular flexibility index (Phi) is 4.38. The molecule has 0 spiro atoms. The van der Waals surface area contributed by atoms with Crippen molar-refractivity contribution in [1.29, 1.82) is 0 Å². The summed E-state index contributed by atoms with van der Waals surface area (Å²) in [5.41, 5.74) is 0. The molecular weight excluding hydrogens is 196 g/mol. The highest BCUT2D eigenvalue weighted by atomic mass is 16.1. The van der Waals surface area contributed by atoms with Gasteiger partial charge in [0, 0.05) is 12.8 Å². The Morgan fingerprint density at radius 3 is 3.00 bits per heavy atom. The minimum absolute atomic E-state index is 0.495. The van der Waals surface area contributed by atoms with Crippen LogP contribution in [0.25, 0.3) is 0 Å². The molecule has 1 nitrogen and oxygen atoms in total. The van der Waals surface area contributed by atoms with Crippen LogP contribution in [0.4, 0.5) is 0 Å². The largest absolute Gasteiger partial charge is 0.300 e. The van der Waals surface area contributed by atoms with Crippen molar-refractivity contribution in [1.82, 2.24) is 0 Å². The fourth-order valence-corrected chi connectivity index (χ4v) is 2.85. The van der Waals surface area contributed by atoms with E-state index in [1.165, 1.54) is 32.1 Å². The van der Waals surface area contributed by atoms with Gasteiger partial charge in [-0.25, -0.2) is 0 Å². The Morgan fingerprint density at radius 1 is 1.19 bits per heavy atom. The molecule has 0 heterocycles. The van der Waals surface area contributed by atoms with Crippen LogP contribution in [-0.4, -0.2) is 5.78 Å². The average Bonchev–Trinajstić information content (AvgIpc) is 2.55. The van der Waals surface area contributed by atoms with E-state index in [9.17, 15) is 4.79 Å². The van der Waals surface area contributed by atoms with Crippen molar-refractivity contribution >= 4 is 5.78 Å². The second kappa shape index (κ2) is 6.03. The van der Waals surface area contributed by atoms with Gasteiger partial charge in [-0.05, 0) is 50.4 Å². The van der Waals surface area contributed by atoms with Gasteiger partial charge in [-0.2, -0.15) is 0 Å². The number of ketones is 1. The molecule has 0 radical (unpaired) electrons. The predicted molar refractivity (Wildman–Crippen MR) is 67.2 cm³/mol. The summed E-state index contributed by atoms with van der Waals surface area (Å²) in [7, 11) is 0. The Bertz CT molecular complexity index is 288. The molecule has 2 atom stereocenters. The van der Waals surface area contributed by atoms with Crippen molar-refractivity contribution in [3.05, 3.63) is 24.3 Å². The molecule has 16 heavy (non-hydrogen) atoms. The van der Waals surface area contributed by atoms with E-state index in [2.05, 4.69) is 24.3 Å². The normalized spacial score (nSPS) is 30.4. The molecule has 2 unspecified atom stereocenters. The summed E-state index contributed by atoms with van der Waals surface area (Å²) in [5.74, 6) is 1.92. The molecule has 2 aliphatic carbocycles. The number of carbonyl (C=O) groups is 1. The zero-order valence-electron chi connectivity index (χ0n) is 10.0. The first-order valence-electron chi connectivity index (χ1n) is 6.69. The lowest BCUT2D eigenvalue weighted by Crippen LogP contribution is -2.15. The number of hydrogen-bond donors (Lipinski definition) is 0. The fraction of sp³-hybridized carbons (Fsp3) is 0.667. The first-order valence-corrected chi connectivity index (χ1v) is 6.69. The van der Waals surface area contributed by atoms with Gasteiger partial charge in [0.1, 0.15) is 5.78 Å². The molecule has 0 bridgehead atoms. The van der Waals surface area contributed by atoms with Crippen molar-refractivity contribution in [2.45, 2.75) is 51.4 Å². The van der Waals surface area contributed by atoms with Gasteiger partial charge >= 0.3 is 0 Å². The lowest BCUT2D eigenvalue weighted by molar-refractivity contribution is -0.121. The van der Waals surface area contributed by atoms with Crippen LogP contribution in [0, 0.1) is 11.8 Å². The molecule has 0 N–H and O–H groups in total. The van der Waals surface area contributed by atoms with E-state index in [4.69, 9.17) is 0 Å². The quantitative estimate of drug-likeness (QED) is 0.698. The van der Waals surface area contributed by atoms with Crippen LogP contribution in [0.2, 0.25) is 0 Å². The first kappa shape index (κ1) is 11.6. The molecule has 0 saturated heterocycles. The van der Waals surface area contributed by atoms with Crippen LogP contribution >= 0.6 is 0 Å². The zero-order chi connectivity index (χ0) is 11.2. The van der Waals surface area contributed by atoms with E-state index >= 15 is 0 Å². The Hall–Kier alpha value is -0.850. The van der Waals surface area contributed by atoms with Crippen LogP contribution in [0.3, 0.4) is 0 Å². The van der Waals surface area contributed by atoms with E-state index in [1.807, 2.05) is 0 Å². The average molecular weight is 218 g/mol. The second-order valence-corrected chi connectivity index (χ2v) is 5.23. The highest BCUT2D eigenvalue weighted by molar-refractivity contribution is 5.79. The molecule has 2 aliphatic rings. The minimum Gasteiger partial charge on any atom is -0.300 e. The number of hydrogen-bond acceptors (Lipinski definition) is 1. The van der Waals surface area contributed by atoms with E-state index < -0.39 is 0 Å². The fourth-order valence-electron chi connectivity index (χ4n) is 2.85. The smallest absolute Gasteiger partial charge is 0.133 e. The Balaban J connectivity index is 1.72. The van der Waals surface area contributed by atoms with E-state index in [1.54, 1.807) is 0 Å². The third-order valence-electron chi connectivity index (χ3n) is 3.86. The molecule has 1 heteroatoms.